The second-order valence-electron chi connectivity index (χ2n) is 8.45. The zero-order valence-corrected chi connectivity index (χ0v) is 16.9. The van der Waals surface area contributed by atoms with Crippen LogP contribution in [0.25, 0.3) is 0 Å². The molecule has 0 radical (unpaired) electrons. The summed E-state index contributed by atoms with van der Waals surface area (Å²) in [5, 5.41) is 20.8. The normalized spacial score (nSPS) is 24.4. The molecule has 3 heterocycles. The summed E-state index contributed by atoms with van der Waals surface area (Å²) in [6.45, 7) is 9.39. The van der Waals surface area contributed by atoms with E-state index in [1.165, 1.54) is 0 Å². The average molecular weight is 392 g/mol. The van der Waals surface area contributed by atoms with E-state index in [2.05, 4.69) is 20.2 Å². The molecule has 9 nitrogen and oxygen atoms in total. The third-order valence-corrected chi connectivity index (χ3v) is 5.79. The Balaban J connectivity index is 1.54. The fourth-order valence-corrected chi connectivity index (χ4v) is 3.22. The van der Waals surface area contributed by atoms with Crippen LogP contribution < -0.4 is 15.7 Å². The molecule has 0 aliphatic carbocycles. The maximum Gasteiger partial charge on any atom is 0.498 e. The van der Waals surface area contributed by atoms with Gasteiger partial charge in [-0.3, -0.25) is 4.79 Å². The van der Waals surface area contributed by atoms with Gasteiger partial charge in [0.25, 0.3) is 5.91 Å². The lowest BCUT2D eigenvalue weighted by atomic mass is 9.81. The van der Waals surface area contributed by atoms with E-state index in [0.717, 1.165) is 18.4 Å². The van der Waals surface area contributed by atoms with Crippen molar-refractivity contribution in [3.05, 3.63) is 12.4 Å². The maximum atomic E-state index is 11.6. The number of aliphatic hydroxyl groups excluding tert-OH is 2. The SMILES string of the molecule is CC1(C)OB(c2cnc(N3CC[C@@H](CNC(=O)[C@@H](O)CO)C3)nc2)OC1(C)C. The molecule has 1 aromatic heterocycles. The van der Waals surface area contributed by atoms with Gasteiger partial charge in [0.1, 0.15) is 0 Å². The Morgan fingerprint density at radius 3 is 2.50 bits per heavy atom. The molecule has 28 heavy (non-hydrogen) atoms. The molecule has 0 aromatic carbocycles. The third-order valence-electron chi connectivity index (χ3n) is 5.79. The smallest absolute Gasteiger partial charge is 0.399 e. The van der Waals surface area contributed by atoms with Gasteiger partial charge in [-0.05, 0) is 40.0 Å². The molecule has 1 amide bonds. The predicted octanol–water partition coefficient (Wildman–Crippen LogP) is -0.928. The first-order valence-electron chi connectivity index (χ1n) is 9.62. The summed E-state index contributed by atoms with van der Waals surface area (Å²) in [5.41, 5.74) is -0.0394. The number of nitrogens with one attached hydrogen (secondary N) is 1. The van der Waals surface area contributed by atoms with Crippen molar-refractivity contribution in [2.24, 2.45) is 5.92 Å². The van der Waals surface area contributed by atoms with E-state index >= 15 is 0 Å². The first-order chi connectivity index (χ1) is 13.1. The number of hydrogen-bond donors (Lipinski definition) is 3. The van der Waals surface area contributed by atoms with E-state index in [4.69, 9.17) is 14.4 Å². The fourth-order valence-electron chi connectivity index (χ4n) is 3.22. The Labute approximate surface area is 165 Å². The molecule has 2 saturated heterocycles. The van der Waals surface area contributed by atoms with Crippen molar-refractivity contribution in [3.8, 4) is 0 Å². The monoisotopic (exact) mass is 392 g/mol. The Morgan fingerprint density at radius 1 is 1.32 bits per heavy atom. The number of aliphatic hydroxyl groups is 2. The van der Waals surface area contributed by atoms with Crippen LogP contribution >= 0.6 is 0 Å². The predicted molar refractivity (Wildman–Crippen MR) is 104 cm³/mol. The minimum absolute atomic E-state index is 0.237. The van der Waals surface area contributed by atoms with E-state index in [-0.39, 0.29) is 5.92 Å². The summed E-state index contributed by atoms with van der Waals surface area (Å²) in [4.78, 5) is 22.5. The van der Waals surface area contributed by atoms with Crippen LogP contribution in [0.3, 0.4) is 0 Å². The summed E-state index contributed by atoms with van der Waals surface area (Å²) >= 11 is 0. The first kappa shape index (κ1) is 21.0. The molecule has 0 spiro atoms. The molecule has 2 aliphatic heterocycles. The molecule has 3 N–H and O–H groups in total. The summed E-state index contributed by atoms with van der Waals surface area (Å²) < 4.78 is 12.0. The second kappa shape index (κ2) is 7.94. The van der Waals surface area contributed by atoms with Crippen molar-refractivity contribution in [2.45, 2.75) is 51.4 Å². The number of nitrogens with zero attached hydrogens (tertiary/aromatic N) is 3. The van der Waals surface area contributed by atoms with E-state index in [9.17, 15) is 9.90 Å². The lowest BCUT2D eigenvalue weighted by Gasteiger charge is -2.32. The molecule has 2 fully saturated rings. The lowest BCUT2D eigenvalue weighted by molar-refractivity contribution is -0.131. The van der Waals surface area contributed by atoms with Gasteiger partial charge in [0, 0.05) is 37.5 Å². The summed E-state index contributed by atoms with van der Waals surface area (Å²) in [5.74, 6) is 0.315. The standard InChI is InChI=1S/C18H29BN4O5/c1-17(2)18(3,4)28-19(27-17)13-8-21-16(22-9-13)23-6-5-12(10-23)7-20-15(26)14(25)11-24/h8-9,12,14,24-25H,5-7,10-11H2,1-4H3,(H,20,26)/t12-,14-/m0/s1. The van der Waals surface area contributed by atoms with Crippen molar-refractivity contribution in [3.63, 3.8) is 0 Å². The number of aromatic nitrogens is 2. The summed E-state index contributed by atoms with van der Waals surface area (Å²) in [7, 11) is -0.487. The van der Waals surface area contributed by atoms with Crippen LogP contribution in [0.2, 0.25) is 0 Å². The molecule has 0 saturated carbocycles. The Morgan fingerprint density at radius 2 is 1.93 bits per heavy atom. The van der Waals surface area contributed by atoms with E-state index < -0.39 is 36.9 Å². The number of carbonyl (C=O) groups is 1. The molecule has 2 atom stereocenters. The Bertz CT molecular complexity index is 684. The molecule has 0 bridgehead atoms. The Hall–Kier alpha value is -1.75. The van der Waals surface area contributed by atoms with Gasteiger partial charge < -0.3 is 29.7 Å². The number of amides is 1. The minimum atomic E-state index is -1.37. The summed E-state index contributed by atoms with van der Waals surface area (Å²) in [6, 6.07) is 0. The quantitative estimate of drug-likeness (QED) is 0.532. The van der Waals surface area contributed by atoms with Crippen LogP contribution in [-0.4, -0.2) is 76.8 Å². The van der Waals surface area contributed by atoms with Gasteiger partial charge in [-0.15, -0.1) is 0 Å². The zero-order valence-electron chi connectivity index (χ0n) is 16.9. The third kappa shape index (κ3) is 4.30. The van der Waals surface area contributed by atoms with Crippen molar-refractivity contribution < 1.29 is 24.3 Å². The van der Waals surface area contributed by atoms with E-state index in [1.807, 2.05) is 27.7 Å². The highest BCUT2D eigenvalue weighted by atomic mass is 16.7. The lowest BCUT2D eigenvalue weighted by Crippen LogP contribution is -2.41. The topological polar surface area (TPSA) is 117 Å². The largest absolute Gasteiger partial charge is 0.498 e. The average Bonchev–Trinajstić information content (AvgIpc) is 3.21. The Kier molecular flexibility index (Phi) is 5.95. The molecular formula is C18H29BN4O5. The number of anilines is 1. The fraction of sp³-hybridized carbons (Fsp3) is 0.722. The highest BCUT2D eigenvalue weighted by Crippen LogP contribution is 2.36. The number of carbonyl (C=O) groups excluding carboxylic acids is 1. The van der Waals surface area contributed by atoms with Gasteiger partial charge in [0.2, 0.25) is 5.95 Å². The van der Waals surface area contributed by atoms with Crippen LogP contribution in [0.4, 0.5) is 5.95 Å². The van der Waals surface area contributed by atoms with E-state index in [1.54, 1.807) is 12.4 Å². The van der Waals surface area contributed by atoms with Crippen molar-refractivity contribution in [1.29, 1.82) is 0 Å². The molecule has 154 valence electrons. The molecular weight excluding hydrogens is 363 g/mol. The van der Waals surface area contributed by atoms with Crippen molar-refractivity contribution in [2.75, 3.05) is 31.1 Å². The second-order valence-corrected chi connectivity index (χ2v) is 8.45. The van der Waals surface area contributed by atoms with Crippen LogP contribution in [0.5, 0.6) is 0 Å². The minimum Gasteiger partial charge on any atom is -0.399 e. The zero-order chi connectivity index (χ0) is 20.5. The number of hydrogen-bond acceptors (Lipinski definition) is 8. The van der Waals surface area contributed by atoms with Crippen molar-refractivity contribution in [1.82, 2.24) is 15.3 Å². The van der Waals surface area contributed by atoms with Gasteiger partial charge in [0.15, 0.2) is 6.10 Å². The van der Waals surface area contributed by atoms with Crippen LogP contribution in [0, 0.1) is 5.92 Å². The van der Waals surface area contributed by atoms with Gasteiger partial charge >= 0.3 is 7.12 Å². The van der Waals surface area contributed by atoms with Crippen LogP contribution in [0.15, 0.2) is 12.4 Å². The maximum absolute atomic E-state index is 11.6. The summed E-state index contributed by atoms with van der Waals surface area (Å²) in [6.07, 6.45) is 2.98. The van der Waals surface area contributed by atoms with Gasteiger partial charge in [-0.25, -0.2) is 9.97 Å². The number of rotatable bonds is 6. The van der Waals surface area contributed by atoms with Gasteiger partial charge in [-0.1, -0.05) is 0 Å². The van der Waals surface area contributed by atoms with Crippen LogP contribution in [0.1, 0.15) is 34.1 Å². The van der Waals surface area contributed by atoms with Gasteiger partial charge in [-0.2, -0.15) is 0 Å². The highest BCUT2D eigenvalue weighted by molar-refractivity contribution is 6.61. The molecule has 2 aliphatic rings. The van der Waals surface area contributed by atoms with Gasteiger partial charge in [0.05, 0.1) is 17.8 Å². The first-order valence-corrected chi connectivity index (χ1v) is 9.62. The molecule has 0 unspecified atom stereocenters. The van der Waals surface area contributed by atoms with Crippen molar-refractivity contribution >= 4 is 24.4 Å². The molecule has 1 aromatic rings. The molecule has 10 heteroatoms. The molecule has 3 rings (SSSR count). The highest BCUT2D eigenvalue weighted by Gasteiger charge is 2.52. The van der Waals surface area contributed by atoms with Crippen LogP contribution in [-0.2, 0) is 14.1 Å². The van der Waals surface area contributed by atoms with E-state index in [0.29, 0.717) is 19.0 Å².